The Hall–Kier alpha value is -2.91. The number of thioether (sulfide) groups is 1. The zero-order valence-electron chi connectivity index (χ0n) is 18.1. The van der Waals surface area contributed by atoms with Gasteiger partial charge in [0.2, 0.25) is 11.0 Å². The molecule has 1 aliphatic heterocycles. The fourth-order valence-corrected chi connectivity index (χ4v) is 5.04. The second-order valence-electron chi connectivity index (χ2n) is 7.35. The van der Waals surface area contributed by atoms with Crippen molar-refractivity contribution in [1.29, 1.82) is 0 Å². The summed E-state index contributed by atoms with van der Waals surface area (Å²) in [4.78, 5) is 28.3. The van der Waals surface area contributed by atoms with Gasteiger partial charge >= 0.3 is 0 Å². The van der Waals surface area contributed by atoms with Crippen LogP contribution in [0, 0.1) is 0 Å². The molecule has 0 bridgehead atoms. The number of hydrogen-bond donors (Lipinski definition) is 1. The van der Waals surface area contributed by atoms with E-state index >= 15 is 0 Å². The molecular formula is C23H24N4O3S2. The van der Waals surface area contributed by atoms with E-state index in [1.807, 2.05) is 41.5 Å². The molecule has 3 aromatic rings. The van der Waals surface area contributed by atoms with Crippen LogP contribution in [0.15, 0.2) is 47.4 Å². The molecule has 1 aliphatic rings. The molecule has 1 N–H and O–H groups in total. The Morgan fingerprint density at radius 2 is 2.09 bits per heavy atom. The Balaban J connectivity index is 1.48. The molecule has 7 nitrogen and oxygen atoms in total. The van der Waals surface area contributed by atoms with E-state index in [0.717, 1.165) is 27.6 Å². The number of anilines is 2. The van der Waals surface area contributed by atoms with Gasteiger partial charge in [-0.1, -0.05) is 36.5 Å². The molecule has 9 heteroatoms. The van der Waals surface area contributed by atoms with E-state index in [2.05, 4.69) is 28.5 Å². The number of amides is 2. The molecule has 1 fully saturated rings. The number of aromatic nitrogens is 2. The van der Waals surface area contributed by atoms with E-state index in [9.17, 15) is 9.59 Å². The maximum absolute atomic E-state index is 12.8. The van der Waals surface area contributed by atoms with Crippen molar-refractivity contribution < 1.29 is 14.3 Å². The summed E-state index contributed by atoms with van der Waals surface area (Å²) in [6.45, 7) is 2.64. The third kappa shape index (κ3) is 4.49. The van der Waals surface area contributed by atoms with Crippen LogP contribution in [0.5, 0.6) is 5.75 Å². The number of benzene rings is 2. The van der Waals surface area contributed by atoms with Gasteiger partial charge < -0.3 is 9.64 Å². The lowest BCUT2D eigenvalue weighted by Gasteiger charge is -2.19. The highest BCUT2D eigenvalue weighted by molar-refractivity contribution is 7.98. The Morgan fingerprint density at radius 1 is 1.28 bits per heavy atom. The Kier molecular flexibility index (Phi) is 6.76. The maximum atomic E-state index is 12.8. The lowest BCUT2D eigenvalue weighted by atomic mass is 10.1. The SMILES string of the molecule is CCc1ccccc1N1CC(c2nnc(NC(=O)c3ccc(SC)cc3OC)s2)CC1=O. The lowest BCUT2D eigenvalue weighted by molar-refractivity contribution is -0.117. The number of nitrogens with one attached hydrogen (secondary N) is 1. The van der Waals surface area contributed by atoms with Gasteiger partial charge in [-0.3, -0.25) is 14.9 Å². The second kappa shape index (κ2) is 9.70. The minimum absolute atomic E-state index is 0.0500. The Bertz CT molecular complexity index is 1150. The molecule has 0 radical (unpaired) electrons. The van der Waals surface area contributed by atoms with Gasteiger partial charge in [-0.15, -0.1) is 22.0 Å². The summed E-state index contributed by atoms with van der Waals surface area (Å²) < 4.78 is 5.37. The van der Waals surface area contributed by atoms with Crippen LogP contribution in [-0.2, 0) is 11.2 Å². The van der Waals surface area contributed by atoms with E-state index < -0.39 is 0 Å². The molecular weight excluding hydrogens is 444 g/mol. The number of aryl methyl sites for hydroxylation is 1. The molecule has 1 atom stereocenters. The van der Waals surface area contributed by atoms with Crippen LogP contribution in [0.25, 0.3) is 0 Å². The highest BCUT2D eigenvalue weighted by Crippen LogP contribution is 2.36. The quantitative estimate of drug-likeness (QED) is 0.510. The predicted molar refractivity (Wildman–Crippen MR) is 128 cm³/mol. The van der Waals surface area contributed by atoms with Crippen molar-refractivity contribution >= 4 is 45.7 Å². The molecule has 1 saturated heterocycles. The van der Waals surface area contributed by atoms with Crippen molar-refractivity contribution in [2.45, 2.75) is 30.6 Å². The van der Waals surface area contributed by atoms with Gasteiger partial charge in [0.1, 0.15) is 10.8 Å². The van der Waals surface area contributed by atoms with Crippen molar-refractivity contribution in [3.63, 3.8) is 0 Å². The smallest absolute Gasteiger partial charge is 0.261 e. The topological polar surface area (TPSA) is 84.4 Å². The Labute approximate surface area is 195 Å². The van der Waals surface area contributed by atoms with Crippen molar-refractivity contribution in [3.8, 4) is 5.75 Å². The number of nitrogens with zero attached hydrogens (tertiary/aromatic N) is 3. The van der Waals surface area contributed by atoms with Crippen LogP contribution in [0.1, 0.15) is 40.2 Å². The van der Waals surface area contributed by atoms with Crippen molar-refractivity contribution in [3.05, 3.63) is 58.6 Å². The van der Waals surface area contributed by atoms with Gasteiger partial charge in [0.05, 0.1) is 12.7 Å². The van der Waals surface area contributed by atoms with E-state index in [0.29, 0.717) is 29.4 Å². The molecule has 0 saturated carbocycles. The summed E-state index contributed by atoms with van der Waals surface area (Å²) in [5, 5.41) is 12.4. The molecule has 0 spiro atoms. The third-order valence-electron chi connectivity index (χ3n) is 5.45. The first-order chi connectivity index (χ1) is 15.5. The van der Waals surface area contributed by atoms with Crippen LogP contribution < -0.4 is 15.0 Å². The number of rotatable bonds is 7. The number of methoxy groups -OCH3 is 1. The standard InChI is InChI=1S/C23H24N4O3S2/c1-4-14-7-5-6-8-18(14)27-13-15(11-20(27)28)22-25-26-23(32-22)24-21(29)17-10-9-16(31-3)12-19(17)30-2/h5-10,12,15H,4,11,13H2,1-3H3,(H,24,26,29). The van der Waals surface area contributed by atoms with E-state index in [4.69, 9.17) is 4.74 Å². The average molecular weight is 469 g/mol. The highest BCUT2D eigenvalue weighted by atomic mass is 32.2. The third-order valence-corrected chi connectivity index (χ3v) is 7.18. The van der Waals surface area contributed by atoms with Crippen molar-refractivity contribution in [2.24, 2.45) is 0 Å². The summed E-state index contributed by atoms with van der Waals surface area (Å²) in [5.74, 6) is 0.227. The zero-order valence-corrected chi connectivity index (χ0v) is 19.8. The zero-order chi connectivity index (χ0) is 22.7. The minimum Gasteiger partial charge on any atom is -0.496 e. The van der Waals surface area contributed by atoms with Crippen molar-refractivity contribution in [1.82, 2.24) is 10.2 Å². The van der Waals surface area contributed by atoms with Crippen LogP contribution in [0.4, 0.5) is 10.8 Å². The van der Waals surface area contributed by atoms with Crippen LogP contribution >= 0.6 is 23.1 Å². The Morgan fingerprint density at radius 3 is 2.84 bits per heavy atom. The number of para-hydroxylation sites is 1. The van der Waals surface area contributed by atoms with Crippen molar-refractivity contribution in [2.75, 3.05) is 30.1 Å². The fourth-order valence-electron chi connectivity index (χ4n) is 3.78. The monoisotopic (exact) mass is 468 g/mol. The normalized spacial score (nSPS) is 15.8. The van der Waals surface area contributed by atoms with Gasteiger partial charge in [0.25, 0.3) is 5.91 Å². The second-order valence-corrected chi connectivity index (χ2v) is 9.24. The lowest BCUT2D eigenvalue weighted by Crippen LogP contribution is -2.25. The van der Waals surface area contributed by atoms with Gasteiger partial charge in [0.15, 0.2) is 0 Å². The average Bonchev–Trinajstić information content (AvgIpc) is 3.44. The van der Waals surface area contributed by atoms with E-state index in [1.54, 1.807) is 24.9 Å². The molecule has 0 aliphatic carbocycles. The highest BCUT2D eigenvalue weighted by Gasteiger charge is 2.34. The largest absolute Gasteiger partial charge is 0.496 e. The first-order valence-corrected chi connectivity index (χ1v) is 12.3. The van der Waals surface area contributed by atoms with Crippen LogP contribution in [-0.4, -0.2) is 41.9 Å². The predicted octanol–water partition coefficient (Wildman–Crippen LogP) is 4.60. The molecule has 1 aromatic heterocycles. The van der Waals surface area contributed by atoms with Gasteiger partial charge in [0, 0.05) is 29.5 Å². The minimum atomic E-state index is -0.307. The summed E-state index contributed by atoms with van der Waals surface area (Å²) in [5.41, 5.74) is 2.54. The van der Waals surface area contributed by atoms with E-state index in [1.165, 1.54) is 11.3 Å². The van der Waals surface area contributed by atoms with Gasteiger partial charge in [-0.2, -0.15) is 0 Å². The molecule has 32 heavy (non-hydrogen) atoms. The van der Waals surface area contributed by atoms with E-state index in [-0.39, 0.29) is 17.7 Å². The maximum Gasteiger partial charge on any atom is 0.261 e. The number of carbonyl (C=O) groups excluding carboxylic acids is 2. The molecule has 2 amide bonds. The summed E-state index contributed by atoms with van der Waals surface area (Å²) in [6.07, 6.45) is 3.21. The first kappa shape index (κ1) is 22.3. The number of carbonyl (C=O) groups is 2. The molecule has 2 heterocycles. The molecule has 1 unspecified atom stereocenters. The number of ether oxygens (including phenoxy) is 1. The van der Waals surface area contributed by atoms with Crippen LogP contribution in [0.3, 0.4) is 0 Å². The first-order valence-electron chi connectivity index (χ1n) is 10.3. The van der Waals surface area contributed by atoms with Crippen LogP contribution in [0.2, 0.25) is 0 Å². The molecule has 166 valence electrons. The molecule has 2 aromatic carbocycles. The number of hydrogen-bond acceptors (Lipinski definition) is 7. The van der Waals surface area contributed by atoms with Gasteiger partial charge in [-0.25, -0.2) is 0 Å². The fraction of sp³-hybridized carbons (Fsp3) is 0.304. The summed E-state index contributed by atoms with van der Waals surface area (Å²) in [6, 6.07) is 13.4. The summed E-state index contributed by atoms with van der Waals surface area (Å²) in [7, 11) is 1.54. The van der Waals surface area contributed by atoms with Gasteiger partial charge in [-0.05, 0) is 42.5 Å². The summed E-state index contributed by atoms with van der Waals surface area (Å²) >= 11 is 2.88. The molecule has 4 rings (SSSR count).